The first-order valence-electron chi connectivity index (χ1n) is 6.16. The predicted octanol–water partition coefficient (Wildman–Crippen LogP) is 3.46. The Labute approximate surface area is 108 Å². The van der Waals surface area contributed by atoms with Crippen molar-refractivity contribution in [2.45, 2.75) is 33.3 Å². The summed E-state index contributed by atoms with van der Waals surface area (Å²) < 4.78 is 0. The second-order valence-corrected chi connectivity index (χ2v) is 6.00. The molecule has 0 spiro atoms. The van der Waals surface area contributed by atoms with E-state index in [2.05, 4.69) is 18.7 Å². The molecule has 0 unspecified atom stereocenters. The normalized spacial score (nSPS) is 19.4. The fraction of sp³-hybridized carbons (Fsp3) is 0.571. The lowest BCUT2D eigenvalue weighted by Gasteiger charge is -2.38. The van der Waals surface area contributed by atoms with Gasteiger partial charge in [-0.15, -0.1) is 0 Å². The summed E-state index contributed by atoms with van der Waals surface area (Å²) in [6.45, 7) is 6.81. The first-order valence-corrected chi connectivity index (χ1v) is 6.54. The lowest BCUT2D eigenvalue weighted by Crippen LogP contribution is -2.37. The molecule has 1 fully saturated rings. The molecule has 94 valence electrons. The summed E-state index contributed by atoms with van der Waals surface area (Å²) in [5.74, 6) is 0. The van der Waals surface area contributed by atoms with Crippen molar-refractivity contribution in [1.29, 1.82) is 0 Å². The average molecular weight is 254 g/mol. The third kappa shape index (κ3) is 2.93. The number of piperidine rings is 1. The monoisotopic (exact) mass is 253 g/mol. The van der Waals surface area contributed by atoms with Crippen LogP contribution in [-0.4, -0.2) is 18.2 Å². The molecule has 0 aliphatic carbocycles. The van der Waals surface area contributed by atoms with Gasteiger partial charge in [0.15, 0.2) is 0 Å². The minimum Gasteiger partial charge on any atom is -0.392 e. The van der Waals surface area contributed by atoms with E-state index in [0.29, 0.717) is 5.41 Å². The predicted molar refractivity (Wildman–Crippen MR) is 72.6 cm³/mol. The highest BCUT2D eigenvalue weighted by Gasteiger charge is 2.26. The van der Waals surface area contributed by atoms with Crippen LogP contribution < -0.4 is 4.90 Å². The molecule has 1 aromatic rings. The highest BCUT2D eigenvalue weighted by atomic mass is 35.5. The first-order chi connectivity index (χ1) is 8.02. The topological polar surface area (TPSA) is 23.5 Å². The number of benzene rings is 1. The van der Waals surface area contributed by atoms with E-state index in [4.69, 9.17) is 16.7 Å². The van der Waals surface area contributed by atoms with Crippen molar-refractivity contribution < 1.29 is 5.11 Å². The smallest absolute Gasteiger partial charge is 0.0682 e. The van der Waals surface area contributed by atoms with Crippen LogP contribution in [-0.2, 0) is 6.61 Å². The number of nitrogens with zero attached hydrogens (tertiary/aromatic N) is 1. The Morgan fingerprint density at radius 1 is 1.29 bits per heavy atom. The highest BCUT2D eigenvalue weighted by molar-refractivity contribution is 6.33. The molecule has 1 aromatic carbocycles. The molecule has 0 radical (unpaired) electrons. The number of halogens is 1. The molecular formula is C14H20ClNO. The zero-order valence-corrected chi connectivity index (χ0v) is 11.3. The fourth-order valence-corrected chi connectivity index (χ4v) is 2.58. The summed E-state index contributed by atoms with van der Waals surface area (Å²) in [7, 11) is 0. The summed E-state index contributed by atoms with van der Waals surface area (Å²) >= 11 is 6.26. The molecule has 0 bridgehead atoms. The second-order valence-electron chi connectivity index (χ2n) is 5.60. The van der Waals surface area contributed by atoms with Crippen LogP contribution in [0.15, 0.2) is 18.2 Å². The lowest BCUT2D eigenvalue weighted by atomic mass is 9.82. The van der Waals surface area contributed by atoms with Gasteiger partial charge in [-0.2, -0.15) is 0 Å². The van der Waals surface area contributed by atoms with E-state index in [9.17, 15) is 0 Å². The summed E-state index contributed by atoms with van der Waals surface area (Å²) in [4.78, 5) is 2.34. The van der Waals surface area contributed by atoms with E-state index in [1.165, 1.54) is 12.8 Å². The molecule has 1 aliphatic heterocycles. The van der Waals surface area contributed by atoms with Crippen molar-refractivity contribution in [2.75, 3.05) is 18.0 Å². The number of hydrogen-bond donors (Lipinski definition) is 1. The van der Waals surface area contributed by atoms with Crippen LogP contribution >= 0.6 is 11.6 Å². The van der Waals surface area contributed by atoms with Crippen LogP contribution in [0.3, 0.4) is 0 Å². The maximum absolute atomic E-state index is 9.06. The van der Waals surface area contributed by atoms with Crippen molar-refractivity contribution in [1.82, 2.24) is 0 Å². The first kappa shape index (κ1) is 12.7. The minimum atomic E-state index is 0.0486. The highest BCUT2D eigenvalue weighted by Crippen LogP contribution is 2.35. The van der Waals surface area contributed by atoms with Crippen LogP contribution in [0.2, 0.25) is 5.02 Å². The fourth-order valence-electron chi connectivity index (χ4n) is 2.26. The van der Waals surface area contributed by atoms with Gasteiger partial charge in [0.1, 0.15) is 0 Å². The molecule has 1 aliphatic rings. The SMILES string of the molecule is CC1(C)CCN(c2ccc(CO)cc2Cl)CC1. The number of anilines is 1. The van der Waals surface area contributed by atoms with Gasteiger partial charge >= 0.3 is 0 Å². The van der Waals surface area contributed by atoms with E-state index in [0.717, 1.165) is 29.4 Å². The molecule has 1 heterocycles. The molecule has 0 amide bonds. The summed E-state index contributed by atoms with van der Waals surface area (Å²) in [6.07, 6.45) is 2.40. The Morgan fingerprint density at radius 3 is 2.47 bits per heavy atom. The van der Waals surface area contributed by atoms with Crippen molar-refractivity contribution in [3.8, 4) is 0 Å². The Morgan fingerprint density at radius 2 is 1.94 bits per heavy atom. The van der Waals surface area contributed by atoms with Crippen LogP contribution in [0.1, 0.15) is 32.3 Å². The van der Waals surface area contributed by atoms with E-state index in [1.807, 2.05) is 18.2 Å². The van der Waals surface area contributed by atoms with E-state index in [1.54, 1.807) is 0 Å². The Kier molecular flexibility index (Phi) is 3.64. The molecule has 0 saturated carbocycles. The molecular weight excluding hydrogens is 234 g/mol. The molecule has 2 nitrogen and oxygen atoms in total. The number of hydrogen-bond acceptors (Lipinski definition) is 2. The van der Waals surface area contributed by atoms with Crippen LogP contribution in [0, 0.1) is 5.41 Å². The summed E-state index contributed by atoms with van der Waals surface area (Å²) in [6, 6.07) is 5.82. The maximum atomic E-state index is 9.06. The quantitative estimate of drug-likeness (QED) is 0.873. The van der Waals surface area contributed by atoms with Crippen molar-refractivity contribution in [2.24, 2.45) is 5.41 Å². The number of rotatable bonds is 2. The maximum Gasteiger partial charge on any atom is 0.0682 e. The van der Waals surface area contributed by atoms with Gasteiger partial charge in [0, 0.05) is 13.1 Å². The third-order valence-corrected chi connectivity index (χ3v) is 3.96. The molecule has 1 saturated heterocycles. The molecule has 3 heteroatoms. The van der Waals surface area contributed by atoms with E-state index < -0.39 is 0 Å². The Hall–Kier alpha value is -0.730. The van der Waals surface area contributed by atoms with E-state index >= 15 is 0 Å². The molecule has 0 aromatic heterocycles. The number of aliphatic hydroxyl groups excluding tert-OH is 1. The third-order valence-electron chi connectivity index (χ3n) is 3.65. The minimum absolute atomic E-state index is 0.0486. The largest absolute Gasteiger partial charge is 0.392 e. The lowest BCUT2D eigenvalue weighted by molar-refractivity contribution is 0.279. The standard InChI is InChI=1S/C14H20ClNO/c1-14(2)5-7-16(8-6-14)13-4-3-11(10-17)9-12(13)15/h3-4,9,17H,5-8,10H2,1-2H3. The van der Waals surface area contributed by atoms with Crippen molar-refractivity contribution in [3.63, 3.8) is 0 Å². The Balaban J connectivity index is 2.13. The van der Waals surface area contributed by atoms with Crippen molar-refractivity contribution >= 4 is 17.3 Å². The number of aliphatic hydroxyl groups is 1. The molecule has 2 rings (SSSR count). The van der Waals surface area contributed by atoms with Gasteiger partial charge in [-0.1, -0.05) is 31.5 Å². The molecule has 0 atom stereocenters. The van der Waals surface area contributed by atoms with Gasteiger partial charge in [-0.3, -0.25) is 0 Å². The van der Waals surface area contributed by atoms with E-state index in [-0.39, 0.29) is 6.61 Å². The second kappa shape index (κ2) is 4.87. The zero-order valence-electron chi connectivity index (χ0n) is 10.5. The van der Waals surface area contributed by atoms with Gasteiger partial charge in [0.25, 0.3) is 0 Å². The van der Waals surface area contributed by atoms with Crippen LogP contribution in [0.4, 0.5) is 5.69 Å². The average Bonchev–Trinajstić information content (AvgIpc) is 2.29. The van der Waals surface area contributed by atoms with Gasteiger partial charge < -0.3 is 10.0 Å². The van der Waals surface area contributed by atoms with Crippen LogP contribution in [0.25, 0.3) is 0 Å². The van der Waals surface area contributed by atoms with Crippen molar-refractivity contribution in [3.05, 3.63) is 28.8 Å². The van der Waals surface area contributed by atoms with Gasteiger partial charge in [0.2, 0.25) is 0 Å². The van der Waals surface area contributed by atoms with Gasteiger partial charge in [0.05, 0.1) is 17.3 Å². The van der Waals surface area contributed by atoms with Crippen LogP contribution in [0.5, 0.6) is 0 Å². The van der Waals surface area contributed by atoms with Gasteiger partial charge in [-0.25, -0.2) is 0 Å². The molecule has 1 N–H and O–H groups in total. The summed E-state index contributed by atoms with van der Waals surface area (Å²) in [5.41, 5.74) is 2.42. The Bertz CT molecular complexity index is 393. The summed E-state index contributed by atoms with van der Waals surface area (Å²) in [5, 5.41) is 9.81. The van der Waals surface area contributed by atoms with Gasteiger partial charge in [-0.05, 0) is 36.0 Å². The zero-order chi connectivity index (χ0) is 12.5. The molecule has 17 heavy (non-hydrogen) atoms.